The lowest BCUT2D eigenvalue weighted by atomic mass is 9.99. The number of rotatable bonds is 5. The van der Waals surface area contributed by atoms with E-state index in [1.54, 1.807) is 0 Å². The number of hydrogen-bond acceptors (Lipinski definition) is 5. The molecular weight excluding hydrogens is 318 g/mol. The second kappa shape index (κ2) is 7.25. The number of aryl methyl sites for hydroxylation is 2. The molecule has 6 nitrogen and oxygen atoms in total. The third-order valence-electron chi connectivity index (χ3n) is 4.71. The van der Waals surface area contributed by atoms with Gasteiger partial charge in [0.25, 0.3) is 0 Å². The summed E-state index contributed by atoms with van der Waals surface area (Å²) in [6, 6.07) is 6.27. The van der Waals surface area contributed by atoms with Gasteiger partial charge in [-0.1, -0.05) is 26.0 Å². The molecule has 1 aromatic carbocycles. The zero-order chi connectivity index (χ0) is 18.0. The predicted octanol–water partition coefficient (Wildman–Crippen LogP) is 3.02. The highest BCUT2D eigenvalue weighted by Gasteiger charge is 2.28. The normalized spacial score (nSPS) is 16.6. The van der Waals surface area contributed by atoms with Crippen LogP contribution >= 0.6 is 0 Å². The van der Waals surface area contributed by atoms with Gasteiger partial charge in [-0.05, 0) is 36.5 Å². The standard InChI is InChI=1S/C19H25N3O3/c1-12(2)15-7-5-13(3)9-16(15)25-11-18-21-20-17-8-6-14(10-22(17)18)19(23)24-4/h5,7,9,12,14H,6,8,10-11H2,1-4H3/t14-/m0/s1. The van der Waals surface area contributed by atoms with Crippen molar-refractivity contribution in [3.05, 3.63) is 41.0 Å². The summed E-state index contributed by atoms with van der Waals surface area (Å²) >= 11 is 0. The van der Waals surface area contributed by atoms with Crippen molar-refractivity contribution in [2.24, 2.45) is 5.92 Å². The first-order valence-corrected chi connectivity index (χ1v) is 8.71. The summed E-state index contributed by atoms with van der Waals surface area (Å²) in [7, 11) is 1.43. The molecule has 1 aliphatic rings. The molecule has 2 aromatic rings. The molecule has 0 unspecified atom stereocenters. The maximum atomic E-state index is 11.8. The first kappa shape index (κ1) is 17.5. The minimum Gasteiger partial charge on any atom is -0.485 e. The van der Waals surface area contributed by atoms with Crippen LogP contribution in [0.1, 0.15) is 49.0 Å². The molecule has 1 atom stereocenters. The Bertz CT molecular complexity index is 767. The van der Waals surface area contributed by atoms with Crippen LogP contribution in [0.5, 0.6) is 5.75 Å². The minimum absolute atomic E-state index is 0.141. The van der Waals surface area contributed by atoms with Crippen LogP contribution in [-0.4, -0.2) is 27.8 Å². The Hall–Kier alpha value is -2.37. The summed E-state index contributed by atoms with van der Waals surface area (Å²) in [6.07, 6.45) is 1.48. The summed E-state index contributed by atoms with van der Waals surface area (Å²) in [4.78, 5) is 11.8. The molecule has 0 aliphatic carbocycles. The van der Waals surface area contributed by atoms with Gasteiger partial charge in [0.1, 0.15) is 18.2 Å². The van der Waals surface area contributed by atoms with Gasteiger partial charge >= 0.3 is 5.97 Å². The first-order valence-electron chi connectivity index (χ1n) is 8.71. The number of methoxy groups -OCH3 is 1. The number of carbonyl (C=O) groups is 1. The largest absolute Gasteiger partial charge is 0.485 e. The molecule has 0 bridgehead atoms. The van der Waals surface area contributed by atoms with Crippen molar-refractivity contribution in [2.75, 3.05) is 7.11 Å². The fraction of sp³-hybridized carbons (Fsp3) is 0.526. The van der Waals surface area contributed by atoms with Crippen LogP contribution in [0, 0.1) is 12.8 Å². The number of fused-ring (bicyclic) bond motifs is 1. The van der Waals surface area contributed by atoms with E-state index in [9.17, 15) is 4.79 Å². The minimum atomic E-state index is -0.174. The van der Waals surface area contributed by atoms with E-state index in [0.717, 1.165) is 35.8 Å². The summed E-state index contributed by atoms with van der Waals surface area (Å²) < 4.78 is 12.9. The van der Waals surface area contributed by atoms with Gasteiger partial charge in [0.05, 0.1) is 13.0 Å². The fourth-order valence-corrected chi connectivity index (χ4v) is 3.23. The van der Waals surface area contributed by atoms with Crippen LogP contribution in [0.2, 0.25) is 0 Å². The lowest BCUT2D eigenvalue weighted by Crippen LogP contribution is -2.29. The SMILES string of the molecule is COC(=O)[C@H]1CCc2nnc(COc3cc(C)ccc3C(C)C)n2C1. The van der Waals surface area contributed by atoms with Crippen LogP contribution in [0.4, 0.5) is 0 Å². The van der Waals surface area contributed by atoms with Crippen LogP contribution in [0.25, 0.3) is 0 Å². The number of benzene rings is 1. The van der Waals surface area contributed by atoms with Crippen LogP contribution < -0.4 is 4.74 Å². The lowest BCUT2D eigenvalue weighted by molar-refractivity contribution is -0.146. The molecular formula is C19H25N3O3. The molecule has 0 radical (unpaired) electrons. The van der Waals surface area contributed by atoms with Crippen LogP contribution in [0.3, 0.4) is 0 Å². The molecule has 3 rings (SSSR count). The van der Waals surface area contributed by atoms with Crippen LogP contribution in [0.15, 0.2) is 18.2 Å². The molecule has 0 N–H and O–H groups in total. The molecule has 0 spiro atoms. The van der Waals surface area contributed by atoms with E-state index in [2.05, 4.69) is 49.2 Å². The summed E-state index contributed by atoms with van der Waals surface area (Å²) in [6.45, 7) is 7.24. The number of esters is 1. The first-order chi connectivity index (χ1) is 12.0. The second-order valence-corrected chi connectivity index (χ2v) is 6.89. The third kappa shape index (κ3) is 3.67. The van der Waals surface area contributed by atoms with E-state index in [4.69, 9.17) is 9.47 Å². The zero-order valence-corrected chi connectivity index (χ0v) is 15.3. The van der Waals surface area contributed by atoms with E-state index >= 15 is 0 Å². The molecule has 0 amide bonds. The molecule has 0 saturated heterocycles. The molecule has 1 aromatic heterocycles. The van der Waals surface area contributed by atoms with E-state index in [1.807, 2.05) is 4.57 Å². The van der Waals surface area contributed by atoms with Gasteiger partial charge in [0.2, 0.25) is 0 Å². The van der Waals surface area contributed by atoms with E-state index in [0.29, 0.717) is 19.1 Å². The summed E-state index contributed by atoms with van der Waals surface area (Å²) in [5.74, 6) is 2.61. The van der Waals surface area contributed by atoms with Crippen molar-refractivity contribution in [1.29, 1.82) is 0 Å². The van der Waals surface area contributed by atoms with Gasteiger partial charge < -0.3 is 14.0 Å². The van der Waals surface area contributed by atoms with Gasteiger partial charge in [-0.25, -0.2) is 0 Å². The number of nitrogens with zero attached hydrogens (tertiary/aromatic N) is 3. The molecule has 134 valence electrons. The number of ether oxygens (including phenoxy) is 2. The van der Waals surface area contributed by atoms with Gasteiger partial charge in [0.15, 0.2) is 5.82 Å². The van der Waals surface area contributed by atoms with E-state index < -0.39 is 0 Å². The summed E-state index contributed by atoms with van der Waals surface area (Å²) in [5.41, 5.74) is 2.34. The molecule has 0 saturated carbocycles. The Labute approximate surface area is 148 Å². The monoisotopic (exact) mass is 343 g/mol. The maximum Gasteiger partial charge on any atom is 0.310 e. The van der Waals surface area contributed by atoms with E-state index in [-0.39, 0.29) is 11.9 Å². The molecule has 6 heteroatoms. The molecule has 1 aliphatic heterocycles. The van der Waals surface area contributed by atoms with Gasteiger partial charge in [-0.15, -0.1) is 10.2 Å². The predicted molar refractivity (Wildman–Crippen MR) is 93.4 cm³/mol. The number of hydrogen-bond donors (Lipinski definition) is 0. The van der Waals surface area contributed by atoms with Crippen molar-refractivity contribution < 1.29 is 14.3 Å². The Morgan fingerprint density at radius 2 is 2.16 bits per heavy atom. The maximum absolute atomic E-state index is 11.8. The van der Waals surface area contributed by atoms with E-state index in [1.165, 1.54) is 12.7 Å². The van der Waals surface area contributed by atoms with Gasteiger partial charge in [0, 0.05) is 13.0 Å². The topological polar surface area (TPSA) is 66.2 Å². The average molecular weight is 343 g/mol. The molecule has 25 heavy (non-hydrogen) atoms. The lowest BCUT2D eigenvalue weighted by Gasteiger charge is -2.22. The highest BCUT2D eigenvalue weighted by molar-refractivity contribution is 5.72. The average Bonchev–Trinajstić information content (AvgIpc) is 3.01. The zero-order valence-electron chi connectivity index (χ0n) is 15.3. The summed E-state index contributed by atoms with van der Waals surface area (Å²) in [5, 5.41) is 8.51. The smallest absolute Gasteiger partial charge is 0.310 e. The van der Waals surface area contributed by atoms with Gasteiger partial charge in [-0.2, -0.15) is 0 Å². The molecule has 0 fully saturated rings. The van der Waals surface area contributed by atoms with Crippen molar-refractivity contribution in [3.63, 3.8) is 0 Å². The number of aromatic nitrogens is 3. The quantitative estimate of drug-likeness (QED) is 0.781. The third-order valence-corrected chi connectivity index (χ3v) is 4.71. The highest BCUT2D eigenvalue weighted by Crippen LogP contribution is 2.28. The van der Waals surface area contributed by atoms with Crippen molar-refractivity contribution in [1.82, 2.24) is 14.8 Å². The number of carbonyl (C=O) groups excluding carboxylic acids is 1. The van der Waals surface area contributed by atoms with Crippen molar-refractivity contribution in [3.8, 4) is 5.75 Å². The second-order valence-electron chi connectivity index (χ2n) is 6.89. The van der Waals surface area contributed by atoms with Crippen LogP contribution in [-0.2, 0) is 29.1 Å². The Morgan fingerprint density at radius 3 is 2.88 bits per heavy atom. The Balaban J connectivity index is 1.77. The Morgan fingerprint density at radius 1 is 1.36 bits per heavy atom. The Kier molecular flexibility index (Phi) is 5.06. The molecule has 2 heterocycles. The van der Waals surface area contributed by atoms with Crippen molar-refractivity contribution >= 4 is 5.97 Å². The highest BCUT2D eigenvalue weighted by atomic mass is 16.5. The van der Waals surface area contributed by atoms with Crippen molar-refractivity contribution in [2.45, 2.75) is 52.7 Å². The fourth-order valence-electron chi connectivity index (χ4n) is 3.23. The van der Waals surface area contributed by atoms with Gasteiger partial charge in [-0.3, -0.25) is 4.79 Å².